The normalized spacial score (nSPS) is 25.3. The molecule has 0 bridgehead atoms. The van der Waals surface area contributed by atoms with E-state index in [-0.39, 0.29) is 23.8 Å². The summed E-state index contributed by atoms with van der Waals surface area (Å²) in [7, 11) is 0. The van der Waals surface area contributed by atoms with Gasteiger partial charge in [-0.05, 0) is 18.4 Å². The van der Waals surface area contributed by atoms with Gasteiger partial charge in [0.2, 0.25) is 5.91 Å². The maximum atomic E-state index is 12.5. The first-order valence-electron chi connectivity index (χ1n) is 6.40. The van der Waals surface area contributed by atoms with Gasteiger partial charge in [-0.1, -0.05) is 12.1 Å². The molecule has 2 fully saturated rings. The van der Waals surface area contributed by atoms with Gasteiger partial charge in [-0.3, -0.25) is 9.59 Å². The fourth-order valence-electron chi connectivity index (χ4n) is 2.90. The van der Waals surface area contributed by atoms with Crippen molar-refractivity contribution in [2.45, 2.75) is 17.4 Å². The number of rotatable bonds is 2. The highest BCUT2D eigenvalue weighted by Gasteiger charge is 2.41. The summed E-state index contributed by atoms with van der Waals surface area (Å²) in [5.74, 6) is 0.484. The van der Waals surface area contributed by atoms with Gasteiger partial charge < -0.3 is 10.2 Å². The van der Waals surface area contributed by atoms with Crippen LogP contribution in [0, 0.1) is 5.92 Å². The molecule has 3 rings (SSSR count). The summed E-state index contributed by atoms with van der Waals surface area (Å²) in [6, 6.07) is 7.84. The van der Waals surface area contributed by atoms with Crippen molar-refractivity contribution in [1.29, 1.82) is 0 Å². The monoisotopic (exact) mass is 276 g/mol. The summed E-state index contributed by atoms with van der Waals surface area (Å²) in [5.41, 5.74) is 0.765. The first kappa shape index (κ1) is 12.5. The number of thioether (sulfide) groups is 1. The highest BCUT2D eigenvalue weighted by atomic mass is 32.2. The minimum atomic E-state index is 0.0774. The lowest BCUT2D eigenvalue weighted by atomic mass is 10.1. The standard InChI is InChI=1S/C14H16N2O2S/c1-19-12-5-3-2-4-10(12)14(18)16-7-9-6-13(17)15-11(9)8-16/h2-5,9,11H,6-8H2,1H3,(H,15,17)/t9-,11+/m0/s1. The molecule has 5 heteroatoms. The molecule has 0 aromatic heterocycles. The van der Waals surface area contributed by atoms with Crippen molar-refractivity contribution >= 4 is 23.6 Å². The third-order valence-electron chi connectivity index (χ3n) is 3.86. The number of hydrogen-bond acceptors (Lipinski definition) is 3. The lowest BCUT2D eigenvalue weighted by molar-refractivity contribution is -0.119. The van der Waals surface area contributed by atoms with Crippen LogP contribution in [0.4, 0.5) is 0 Å². The Kier molecular flexibility index (Phi) is 3.22. The summed E-state index contributed by atoms with van der Waals surface area (Å²) in [6.07, 6.45) is 2.53. The quantitative estimate of drug-likeness (QED) is 0.830. The molecule has 1 N–H and O–H groups in total. The van der Waals surface area contributed by atoms with Crippen molar-refractivity contribution in [2.75, 3.05) is 19.3 Å². The van der Waals surface area contributed by atoms with E-state index in [1.165, 1.54) is 0 Å². The van der Waals surface area contributed by atoms with Gasteiger partial charge in [-0.2, -0.15) is 0 Å². The predicted octanol–water partition coefficient (Wildman–Crippen LogP) is 1.37. The van der Waals surface area contributed by atoms with E-state index in [1.54, 1.807) is 11.8 Å². The fourth-order valence-corrected chi connectivity index (χ4v) is 3.49. The molecule has 4 nitrogen and oxygen atoms in total. The van der Waals surface area contributed by atoms with Gasteiger partial charge >= 0.3 is 0 Å². The minimum absolute atomic E-state index is 0.0774. The fraction of sp³-hybridized carbons (Fsp3) is 0.429. The first-order valence-corrected chi connectivity index (χ1v) is 7.63. The number of fused-ring (bicyclic) bond motifs is 1. The lowest BCUT2D eigenvalue weighted by Gasteiger charge is -2.18. The van der Waals surface area contributed by atoms with Crippen LogP contribution < -0.4 is 5.32 Å². The summed E-state index contributed by atoms with van der Waals surface area (Å²) in [6.45, 7) is 1.32. The molecule has 2 saturated heterocycles. The Labute approximate surface area is 116 Å². The molecule has 100 valence electrons. The molecule has 2 aliphatic rings. The van der Waals surface area contributed by atoms with Gasteiger partial charge in [0.05, 0.1) is 11.6 Å². The second kappa shape index (κ2) is 4.89. The molecule has 19 heavy (non-hydrogen) atoms. The maximum absolute atomic E-state index is 12.5. The first-order chi connectivity index (χ1) is 9.19. The zero-order valence-electron chi connectivity index (χ0n) is 10.8. The molecule has 0 saturated carbocycles. The Morgan fingerprint density at radius 3 is 2.89 bits per heavy atom. The molecular formula is C14H16N2O2S. The van der Waals surface area contributed by atoms with Gasteiger partial charge in [0.1, 0.15) is 0 Å². The topological polar surface area (TPSA) is 49.4 Å². The van der Waals surface area contributed by atoms with Gasteiger partial charge in [0.15, 0.2) is 0 Å². The third-order valence-corrected chi connectivity index (χ3v) is 4.66. The van der Waals surface area contributed by atoms with Crippen molar-refractivity contribution in [3.63, 3.8) is 0 Å². The second-order valence-electron chi connectivity index (χ2n) is 5.05. The van der Waals surface area contributed by atoms with Crippen LogP contribution in [0.15, 0.2) is 29.2 Å². The molecule has 2 atom stereocenters. The van der Waals surface area contributed by atoms with E-state index in [2.05, 4.69) is 5.32 Å². The summed E-state index contributed by atoms with van der Waals surface area (Å²) in [5, 5.41) is 2.94. The molecule has 0 aliphatic carbocycles. The Morgan fingerprint density at radius 2 is 2.16 bits per heavy atom. The van der Waals surface area contributed by atoms with E-state index in [1.807, 2.05) is 35.4 Å². The highest BCUT2D eigenvalue weighted by molar-refractivity contribution is 7.98. The zero-order chi connectivity index (χ0) is 13.4. The smallest absolute Gasteiger partial charge is 0.255 e. The van der Waals surface area contributed by atoms with Crippen LogP contribution in [0.2, 0.25) is 0 Å². The average Bonchev–Trinajstić information content (AvgIpc) is 2.95. The molecule has 2 amide bonds. The molecular weight excluding hydrogens is 260 g/mol. The number of hydrogen-bond donors (Lipinski definition) is 1. The number of nitrogens with zero attached hydrogens (tertiary/aromatic N) is 1. The third kappa shape index (κ3) is 2.23. The molecule has 0 spiro atoms. The molecule has 0 radical (unpaired) electrons. The molecule has 0 unspecified atom stereocenters. The van der Waals surface area contributed by atoms with E-state index in [0.717, 1.165) is 10.5 Å². The lowest BCUT2D eigenvalue weighted by Crippen LogP contribution is -2.35. The molecule has 1 aromatic carbocycles. The average molecular weight is 276 g/mol. The van der Waals surface area contributed by atoms with Crippen molar-refractivity contribution in [1.82, 2.24) is 10.2 Å². The van der Waals surface area contributed by atoms with Crippen LogP contribution in [-0.4, -0.2) is 42.1 Å². The zero-order valence-corrected chi connectivity index (χ0v) is 11.6. The van der Waals surface area contributed by atoms with Crippen LogP contribution in [0.5, 0.6) is 0 Å². The largest absolute Gasteiger partial charge is 0.351 e. The van der Waals surface area contributed by atoms with Gasteiger partial charge in [0, 0.05) is 30.3 Å². The summed E-state index contributed by atoms with van der Waals surface area (Å²) >= 11 is 1.59. The summed E-state index contributed by atoms with van der Waals surface area (Å²) in [4.78, 5) is 26.7. The van der Waals surface area contributed by atoms with Crippen LogP contribution in [-0.2, 0) is 4.79 Å². The highest BCUT2D eigenvalue weighted by Crippen LogP contribution is 2.28. The van der Waals surface area contributed by atoms with Crippen molar-refractivity contribution in [3.8, 4) is 0 Å². The number of amides is 2. The number of nitrogens with one attached hydrogen (secondary N) is 1. The molecule has 1 aromatic rings. The van der Waals surface area contributed by atoms with E-state index in [9.17, 15) is 9.59 Å². The number of benzene rings is 1. The van der Waals surface area contributed by atoms with Crippen LogP contribution in [0.25, 0.3) is 0 Å². The van der Waals surface area contributed by atoms with Gasteiger partial charge in [0.25, 0.3) is 5.91 Å². The number of carbonyl (C=O) groups excluding carboxylic acids is 2. The van der Waals surface area contributed by atoms with Crippen LogP contribution in [0.3, 0.4) is 0 Å². The summed E-state index contributed by atoms with van der Waals surface area (Å²) < 4.78 is 0. The van der Waals surface area contributed by atoms with Crippen LogP contribution >= 0.6 is 11.8 Å². The minimum Gasteiger partial charge on any atom is -0.351 e. The van der Waals surface area contributed by atoms with E-state index >= 15 is 0 Å². The van der Waals surface area contributed by atoms with Crippen molar-refractivity contribution in [3.05, 3.63) is 29.8 Å². The number of likely N-dealkylation sites (tertiary alicyclic amines) is 1. The molecule has 2 heterocycles. The van der Waals surface area contributed by atoms with Gasteiger partial charge in [-0.15, -0.1) is 11.8 Å². The van der Waals surface area contributed by atoms with E-state index in [4.69, 9.17) is 0 Å². The van der Waals surface area contributed by atoms with Gasteiger partial charge in [-0.25, -0.2) is 0 Å². The van der Waals surface area contributed by atoms with E-state index in [0.29, 0.717) is 19.5 Å². The Bertz CT molecular complexity index is 516. The van der Waals surface area contributed by atoms with E-state index < -0.39 is 0 Å². The van der Waals surface area contributed by atoms with Crippen molar-refractivity contribution < 1.29 is 9.59 Å². The second-order valence-corrected chi connectivity index (χ2v) is 5.90. The predicted molar refractivity (Wildman–Crippen MR) is 74.2 cm³/mol. The Hall–Kier alpha value is -1.49. The maximum Gasteiger partial charge on any atom is 0.255 e. The Balaban J connectivity index is 1.77. The number of carbonyl (C=O) groups is 2. The Morgan fingerprint density at radius 1 is 1.37 bits per heavy atom. The molecule has 2 aliphatic heterocycles. The van der Waals surface area contributed by atoms with Crippen LogP contribution in [0.1, 0.15) is 16.8 Å². The SMILES string of the molecule is CSc1ccccc1C(=O)N1C[C@@H]2CC(=O)N[C@@H]2C1. The van der Waals surface area contributed by atoms with Crippen molar-refractivity contribution in [2.24, 2.45) is 5.92 Å².